The number of nitrogens with zero attached hydrogens (tertiary/aromatic N) is 3. The first kappa shape index (κ1) is 13.4. The Morgan fingerprint density at radius 2 is 2.20 bits per heavy atom. The number of anilines is 1. The van der Waals surface area contributed by atoms with Crippen LogP contribution in [0.15, 0.2) is 35.4 Å². The van der Waals surface area contributed by atoms with E-state index in [9.17, 15) is 0 Å². The minimum absolute atomic E-state index is 0.380. The summed E-state index contributed by atoms with van der Waals surface area (Å²) in [5.74, 6) is 0.380. The smallest absolute Gasteiger partial charge is 0.220 e. The van der Waals surface area contributed by atoms with Crippen LogP contribution >= 0.6 is 11.8 Å². The summed E-state index contributed by atoms with van der Waals surface area (Å²) in [6.45, 7) is 2.89. The third kappa shape index (κ3) is 2.78. The monoisotopic (exact) mass is 286 g/mol. The average molecular weight is 286 g/mol. The Kier molecular flexibility index (Phi) is 3.89. The van der Waals surface area contributed by atoms with E-state index in [1.807, 2.05) is 6.20 Å². The normalized spacial score (nSPS) is 15.1. The van der Waals surface area contributed by atoms with Crippen molar-refractivity contribution in [1.29, 1.82) is 0 Å². The van der Waals surface area contributed by atoms with Crippen LogP contribution in [0.5, 0.6) is 0 Å². The predicted octanol–water partition coefficient (Wildman–Crippen LogP) is 2.34. The minimum Gasteiger partial charge on any atom is -0.368 e. The molecule has 0 spiro atoms. The molecule has 0 bridgehead atoms. The van der Waals surface area contributed by atoms with Gasteiger partial charge in [0.05, 0.1) is 5.69 Å². The van der Waals surface area contributed by atoms with Crippen LogP contribution in [0, 0.1) is 0 Å². The Morgan fingerprint density at radius 1 is 1.35 bits per heavy atom. The van der Waals surface area contributed by atoms with Crippen LogP contribution in [-0.2, 0) is 19.5 Å². The van der Waals surface area contributed by atoms with Crippen molar-refractivity contribution in [2.24, 2.45) is 0 Å². The highest BCUT2D eigenvalue weighted by atomic mass is 32.2. The van der Waals surface area contributed by atoms with Gasteiger partial charge < -0.3 is 5.73 Å². The molecule has 1 aliphatic rings. The fourth-order valence-electron chi connectivity index (χ4n) is 2.60. The van der Waals surface area contributed by atoms with E-state index in [0.717, 1.165) is 31.7 Å². The molecule has 2 N–H and O–H groups in total. The lowest BCUT2D eigenvalue weighted by molar-refractivity contribution is 0.241. The Morgan fingerprint density at radius 3 is 3.05 bits per heavy atom. The summed E-state index contributed by atoms with van der Waals surface area (Å²) in [5.41, 5.74) is 9.33. The average Bonchev–Trinajstić information content (AvgIpc) is 2.48. The molecule has 4 nitrogen and oxygen atoms in total. The van der Waals surface area contributed by atoms with Gasteiger partial charge in [0.25, 0.3) is 0 Å². The molecule has 0 fully saturated rings. The number of hydrogen-bond donors (Lipinski definition) is 1. The van der Waals surface area contributed by atoms with E-state index >= 15 is 0 Å². The number of benzene rings is 1. The molecule has 2 heterocycles. The molecule has 20 heavy (non-hydrogen) atoms. The zero-order chi connectivity index (χ0) is 13.9. The standard InChI is InChI=1S/C15H18N4S/c1-20-14-5-3-2-4-11(14)9-19-7-6-13-12(10-19)8-17-15(16)18-13/h2-5,8H,6-7,9-10H2,1H3,(H2,16,17,18). The Bertz CT molecular complexity index is 615. The van der Waals surface area contributed by atoms with Crippen molar-refractivity contribution in [3.05, 3.63) is 47.3 Å². The molecule has 0 saturated heterocycles. The van der Waals surface area contributed by atoms with Gasteiger partial charge in [0.1, 0.15) is 0 Å². The second-order valence-electron chi connectivity index (χ2n) is 4.97. The minimum atomic E-state index is 0.380. The molecule has 104 valence electrons. The fourth-order valence-corrected chi connectivity index (χ4v) is 3.21. The van der Waals surface area contributed by atoms with Gasteiger partial charge in [0.15, 0.2) is 0 Å². The van der Waals surface area contributed by atoms with Crippen LogP contribution in [0.4, 0.5) is 5.95 Å². The summed E-state index contributed by atoms with van der Waals surface area (Å²) in [6, 6.07) is 8.59. The SMILES string of the molecule is CSc1ccccc1CN1CCc2nc(N)ncc2C1. The second-order valence-corrected chi connectivity index (χ2v) is 5.82. The lowest BCUT2D eigenvalue weighted by atomic mass is 10.1. The zero-order valence-electron chi connectivity index (χ0n) is 11.5. The third-order valence-corrected chi connectivity index (χ3v) is 4.46. The van der Waals surface area contributed by atoms with Crippen LogP contribution in [0.2, 0.25) is 0 Å². The lowest BCUT2D eigenvalue weighted by Gasteiger charge is -2.28. The highest BCUT2D eigenvalue weighted by Gasteiger charge is 2.18. The molecular formula is C15H18N4S. The summed E-state index contributed by atoms with van der Waals surface area (Å²) in [7, 11) is 0. The third-order valence-electron chi connectivity index (χ3n) is 3.62. The Labute approximate surface area is 123 Å². The topological polar surface area (TPSA) is 55.0 Å². The molecule has 1 aliphatic heterocycles. The second kappa shape index (κ2) is 5.81. The van der Waals surface area contributed by atoms with Crippen molar-refractivity contribution in [2.45, 2.75) is 24.4 Å². The Hall–Kier alpha value is -1.59. The van der Waals surface area contributed by atoms with Gasteiger partial charge in [-0.2, -0.15) is 0 Å². The maximum absolute atomic E-state index is 5.64. The van der Waals surface area contributed by atoms with Gasteiger partial charge in [-0.05, 0) is 17.9 Å². The van der Waals surface area contributed by atoms with Crippen molar-refractivity contribution in [3.63, 3.8) is 0 Å². The van der Waals surface area contributed by atoms with E-state index in [0.29, 0.717) is 5.95 Å². The summed E-state index contributed by atoms with van der Waals surface area (Å²) >= 11 is 1.80. The van der Waals surface area contributed by atoms with Crippen LogP contribution in [-0.4, -0.2) is 27.7 Å². The summed E-state index contributed by atoms with van der Waals surface area (Å²) in [6.07, 6.45) is 4.94. The zero-order valence-corrected chi connectivity index (χ0v) is 12.4. The van der Waals surface area contributed by atoms with Gasteiger partial charge in [-0.3, -0.25) is 4.90 Å². The van der Waals surface area contributed by atoms with E-state index in [-0.39, 0.29) is 0 Å². The maximum Gasteiger partial charge on any atom is 0.220 e. The number of aromatic nitrogens is 2. The van der Waals surface area contributed by atoms with E-state index in [1.54, 1.807) is 11.8 Å². The summed E-state index contributed by atoms with van der Waals surface area (Å²) in [5, 5.41) is 0. The predicted molar refractivity (Wildman–Crippen MR) is 82.5 cm³/mol. The van der Waals surface area contributed by atoms with E-state index in [2.05, 4.69) is 45.4 Å². The number of rotatable bonds is 3. The first-order valence-electron chi connectivity index (χ1n) is 6.71. The lowest BCUT2D eigenvalue weighted by Crippen LogP contribution is -2.31. The first-order valence-corrected chi connectivity index (χ1v) is 7.93. The van der Waals surface area contributed by atoms with Crippen LogP contribution in [0.1, 0.15) is 16.8 Å². The molecule has 0 aliphatic carbocycles. The molecule has 0 radical (unpaired) electrons. The molecule has 1 aromatic heterocycles. The van der Waals surface area contributed by atoms with Gasteiger partial charge in [-0.25, -0.2) is 9.97 Å². The first-order chi connectivity index (χ1) is 9.76. The van der Waals surface area contributed by atoms with Gasteiger partial charge >= 0.3 is 0 Å². The molecule has 0 unspecified atom stereocenters. The molecule has 5 heteroatoms. The van der Waals surface area contributed by atoms with E-state index in [4.69, 9.17) is 5.73 Å². The fraction of sp³-hybridized carbons (Fsp3) is 0.333. The van der Waals surface area contributed by atoms with Crippen LogP contribution in [0.3, 0.4) is 0 Å². The molecular weight excluding hydrogens is 268 g/mol. The number of nitrogen functional groups attached to an aromatic ring is 1. The maximum atomic E-state index is 5.64. The van der Waals surface area contributed by atoms with Crippen molar-refractivity contribution in [2.75, 3.05) is 18.5 Å². The van der Waals surface area contributed by atoms with Gasteiger partial charge in [-0.15, -0.1) is 11.8 Å². The Balaban J connectivity index is 1.76. The van der Waals surface area contributed by atoms with Gasteiger partial charge in [0, 0.05) is 42.7 Å². The molecule has 0 atom stereocenters. The molecule has 2 aromatic rings. The van der Waals surface area contributed by atoms with E-state index in [1.165, 1.54) is 16.0 Å². The largest absolute Gasteiger partial charge is 0.368 e. The molecule has 0 amide bonds. The quantitative estimate of drug-likeness (QED) is 0.878. The number of fused-ring (bicyclic) bond motifs is 1. The van der Waals surface area contributed by atoms with Gasteiger partial charge in [-0.1, -0.05) is 18.2 Å². The molecule has 0 saturated carbocycles. The number of nitrogens with two attached hydrogens (primary N) is 1. The number of hydrogen-bond acceptors (Lipinski definition) is 5. The van der Waals surface area contributed by atoms with Crippen LogP contribution in [0.25, 0.3) is 0 Å². The van der Waals surface area contributed by atoms with Crippen molar-refractivity contribution < 1.29 is 0 Å². The van der Waals surface area contributed by atoms with Crippen molar-refractivity contribution in [3.8, 4) is 0 Å². The number of thioether (sulfide) groups is 1. The highest BCUT2D eigenvalue weighted by molar-refractivity contribution is 7.98. The summed E-state index contributed by atoms with van der Waals surface area (Å²) < 4.78 is 0. The van der Waals surface area contributed by atoms with Gasteiger partial charge in [0.2, 0.25) is 5.95 Å². The molecule has 1 aromatic carbocycles. The van der Waals surface area contributed by atoms with Crippen LogP contribution < -0.4 is 5.73 Å². The highest BCUT2D eigenvalue weighted by Crippen LogP contribution is 2.24. The summed E-state index contributed by atoms with van der Waals surface area (Å²) in [4.78, 5) is 12.2. The van der Waals surface area contributed by atoms with E-state index < -0.39 is 0 Å². The van der Waals surface area contributed by atoms with Crippen molar-refractivity contribution in [1.82, 2.24) is 14.9 Å². The van der Waals surface area contributed by atoms with Crippen molar-refractivity contribution >= 4 is 17.7 Å². The molecule has 3 rings (SSSR count).